The summed E-state index contributed by atoms with van der Waals surface area (Å²) in [6, 6.07) is 8.16. The lowest BCUT2D eigenvalue weighted by atomic mass is 9.97. The largest absolute Gasteiger partial charge is 0.316 e. The van der Waals surface area contributed by atoms with Crippen LogP contribution in [0, 0.1) is 5.92 Å². The minimum absolute atomic E-state index is 0.687. The third-order valence-electron chi connectivity index (χ3n) is 2.90. The van der Waals surface area contributed by atoms with Gasteiger partial charge in [0.15, 0.2) is 0 Å². The molecule has 1 aromatic rings. The highest BCUT2D eigenvalue weighted by Crippen LogP contribution is 2.19. The molecule has 0 radical (unpaired) electrons. The molecule has 1 rings (SSSR count). The average molecular weight is 240 g/mol. The Kier molecular flexibility index (Phi) is 6.51. The van der Waals surface area contributed by atoms with Gasteiger partial charge < -0.3 is 5.32 Å². The van der Waals surface area contributed by atoms with E-state index >= 15 is 0 Å². The van der Waals surface area contributed by atoms with E-state index in [-0.39, 0.29) is 0 Å². The third-order valence-corrected chi connectivity index (χ3v) is 3.27. The Morgan fingerprint density at radius 2 is 2.00 bits per heavy atom. The average Bonchev–Trinajstić information content (AvgIpc) is 2.30. The van der Waals surface area contributed by atoms with Crippen molar-refractivity contribution in [1.29, 1.82) is 0 Å². The molecule has 0 saturated heterocycles. The zero-order chi connectivity index (χ0) is 11.8. The van der Waals surface area contributed by atoms with Gasteiger partial charge in [-0.2, -0.15) is 0 Å². The summed E-state index contributed by atoms with van der Waals surface area (Å²) in [5.41, 5.74) is 1.27. The standard InChI is InChI=1S/C14H22ClN/c1-3-9-16-11-12(4-2)10-13-7-5-6-8-14(13)15/h5-8,12,16H,3-4,9-11H2,1-2H3. The summed E-state index contributed by atoms with van der Waals surface area (Å²) in [5.74, 6) is 0.687. The molecule has 1 N–H and O–H groups in total. The molecule has 1 aromatic carbocycles. The van der Waals surface area contributed by atoms with Crippen molar-refractivity contribution < 1.29 is 0 Å². The van der Waals surface area contributed by atoms with Gasteiger partial charge in [0, 0.05) is 5.02 Å². The van der Waals surface area contributed by atoms with Crippen molar-refractivity contribution in [2.24, 2.45) is 5.92 Å². The highest BCUT2D eigenvalue weighted by Gasteiger charge is 2.08. The third kappa shape index (κ3) is 4.54. The summed E-state index contributed by atoms with van der Waals surface area (Å²) >= 11 is 6.17. The normalized spacial score (nSPS) is 12.7. The van der Waals surface area contributed by atoms with Crippen molar-refractivity contribution in [3.8, 4) is 0 Å². The van der Waals surface area contributed by atoms with Crippen molar-refractivity contribution in [2.45, 2.75) is 33.1 Å². The molecular formula is C14H22ClN. The lowest BCUT2D eigenvalue weighted by molar-refractivity contribution is 0.460. The van der Waals surface area contributed by atoms with E-state index in [0.717, 1.165) is 24.5 Å². The molecule has 0 aliphatic rings. The first-order chi connectivity index (χ1) is 7.77. The fourth-order valence-electron chi connectivity index (χ4n) is 1.82. The van der Waals surface area contributed by atoms with Gasteiger partial charge in [0.25, 0.3) is 0 Å². The molecule has 0 aromatic heterocycles. The van der Waals surface area contributed by atoms with E-state index in [2.05, 4.69) is 31.3 Å². The molecule has 0 aliphatic heterocycles. The lowest BCUT2D eigenvalue weighted by Gasteiger charge is -2.16. The Bertz CT molecular complexity index is 299. The van der Waals surface area contributed by atoms with Gasteiger partial charge in [-0.15, -0.1) is 0 Å². The molecule has 2 heteroatoms. The number of hydrogen-bond donors (Lipinski definition) is 1. The second-order valence-corrected chi connectivity index (χ2v) is 4.68. The van der Waals surface area contributed by atoms with E-state index in [4.69, 9.17) is 11.6 Å². The summed E-state index contributed by atoms with van der Waals surface area (Å²) in [4.78, 5) is 0. The van der Waals surface area contributed by atoms with Crippen molar-refractivity contribution >= 4 is 11.6 Å². The SMILES string of the molecule is CCCNCC(CC)Cc1ccccc1Cl. The molecule has 0 saturated carbocycles. The quantitative estimate of drug-likeness (QED) is 0.712. The van der Waals surface area contributed by atoms with Gasteiger partial charge in [-0.3, -0.25) is 0 Å². The summed E-state index contributed by atoms with van der Waals surface area (Å²) in [7, 11) is 0. The monoisotopic (exact) mass is 239 g/mol. The van der Waals surface area contributed by atoms with Crippen molar-refractivity contribution in [3.05, 3.63) is 34.9 Å². The van der Waals surface area contributed by atoms with E-state index in [9.17, 15) is 0 Å². The summed E-state index contributed by atoms with van der Waals surface area (Å²) in [5, 5.41) is 4.38. The van der Waals surface area contributed by atoms with Crippen LogP contribution in [-0.2, 0) is 6.42 Å². The van der Waals surface area contributed by atoms with Crippen molar-refractivity contribution in [2.75, 3.05) is 13.1 Å². The zero-order valence-corrected chi connectivity index (χ0v) is 11.1. The van der Waals surface area contributed by atoms with E-state index < -0.39 is 0 Å². The summed E-state index contributed by atoms with van der Waals surface area (Å²) < 4.78 is 0. The second kappa shape index (κ2) is 7.70. The van der Waals surface area contributed by atoms with Gasteiger partial charge in [0.1, 0.15) is 0 Å². The Morgan fingerprint density at radius 1 is 1.25 bits per heavy atom. The minimum atomic E-state index is 0.687. The van der Waals surface area contributed by atoms with Crippen LogP contribution >= 0.6 is 11.6 Å². The number of hydrogen-bond acceptors (Lipinski definition) is 1. The molecule has 1 unspecified atom stereocenters. The molecule has 0 heterocycles. The van der Waals surface area contributed by atoms with Gasteiger partial charge in [-0.05, 0) is 43.5 Å². The van der Waals surface area contributed by atoms with Crippen LogP contribution in [0.5, 0.6) is 0 Å². The zero-order valence-electron chi connectivity index (χ0n) is 10.3. The molecule has 1 nitrogen and oxygen atoms in total. The van der Waals surface area contributed by atoms with Crippen LogP contribution in [0.25, 0.3) is 0 Å². The smallest absolute Gasteiger partial charge is 0.0438 e. The second-order valence-electron chi connectivity index (χ2n) is 4.27. The van der Waals surface area contributed by atoms with E-state index in [1.165, 1.54) is 18.4 Å². The van der Waals surface area contributed by atoms with Crippen molar-refractivity contribution in [3.63, 3.8) is 0 Å². The Balaban J connectivity index is 2.46. The molecule has 0 fully saturated rings. The van der Waals surface area contributed by atoms with Crippen LogP contribution in [-0.4, -0.2) is 13.1 Å². The molecule has 0 aliphatic carbocycles. The van der Waals surface area contributed by atoms with Crippen LogP contribution in [0.15, 0.2) is 24.3 Å². The Hall–Kier alpha value is -0.530. The lowest BCUT2D eigenvalue weighted by Crippen LogP contribution is -2.24. The van der Waals surface area contributed by atoms with Crippen molar-refractivity contribution in [1.82, 2.24) is 5.32 Å². The first-order valence-electron chi connectivity index (χ1n) is 6.22. The highest BCUT2D eigenvalue weighted by molar-refractivity contribution is 6.31. The van der Waals surface area contributed by atoms with Crippen LogP contribution in [0.4, 0.5) is 0 Å². The predicted octanol–water partition coefficient (Wildman–Crippen LogP) is 3.91. The van der Waals surface area contributed by atoms with Gasteiger partial charge >= 0.3 is 0 Å². The molecule has 0 spiro atoms. The highest BCUT2D eigenvalue weighted by atomic mass is 35.5. The Labute approximate surface area is 104 Å². The summed E-state index contributed by atoms with van der Waals surface area (Å²) in [6.45, 7) is 6.64. The number of benzene rings is 1. The van der Waals surface area contributed by atoms with Gasteiger partial charge in [-0.25, -0.2) is 0 Å². The Morgan fingerprint density at radius 3 is 2.62 bits per heavy atom. The molecule has 1 atom stereocenters. The molecular weight excluding hydrogens is 218 g/mol. The fourth-order valence-corrected chi connectivity index (χ4v) is 2.03. The van der Waals surface area contributed by atoms with E-state index in [0.29, 0.717) is 5.92 Å². The predicted molar refractivity (Wildman–Crippen MR) is 72.1 cm³/mol. The van der Waals surface area contributed by atoms with Crippen LogP contribution < -0.4 is 5.32 Å². The maximum absolute atomic E-state index is 6.17. The van der Waals surface area contributed by atoms with E-state index in [1.807, 2.05) is 12.1 Å². The maximum atomic E-state index is 6.17. The number of halogens is 1. The minimum Gasteiger partial charge on any atom is -0.316 e. The summed E-state index contributed by atoms with van der Waals surface area (Å²) in [6.07, 6.45) is 3.47. The molecule has 0 amide bonds. The molecule has 0 bridgehead atoms. The van der Waals surface area contributed by atoms with Gasteiger partial charge in [-0.1, -0.05) is 50.1 Å². The molecule has 90 valence electrons. The maximum Gasteiger partial charge on any atom is 0.0438 e. The van der Waals surface area contributed by atoms with Crippen LogP contribution in [0.2, 0.25) is 5.02 Å². The van der Waals surface area contributed by atoms with Gasteiger partial charge in [0.05, 0.1) is 0 Å². The fraction of sp³-hybridized carbons (Fsp3) is 0.571. The van der Waals surface area contributed by atoms with E-state index in [1.54, 1.807) is 0 Å². The topological polar surface area (TPSA) is 12.0 Å². The van der Waals surface area contributed by atoms with Gasteiger partial charge in [0.2, 0.25) is 0 Å². The number of nitrogens with one attached hydrogen (secondary N) is 1. The van der Waals surface area contributed by atoms with Crippen LogP contribution in [0.1, 0.15) is 32.3 Å². The molecule has 16 heavy (non-hydrogen) atoms. The first-order valence-corrected chi connectivity index (χ1v) is 6.59. The first kappa shape index (κ1) is 13.5. The number of rotatable bonds is 7. The van der Waals surface area contributed by atoms with Crippen LogP contribution in [0.3, 0.4) is 0 Å².